The number of nitrogens with zero attached hydrogens (tertiary/aromatic N) is 2. The first-order valence-electron chi connectivity index (χ1n) is 4.59. The van der Waals surface area contributed by atoms with E-state index in [-0.39, 0.29) is 0 Å². The van der Waals surface area contributed by atoms with Gasteiger partial charge >= 0.3 is 0 Å². The normalized spacial score (nSPS) is 29.2. The lowest BCUT2D eigenvalue weighted by molar-refractivity contribution is 0.311. The van der Waals surface area contributed by atoms with Crippen LogP contribution >= 0.6 is 0 Å². The Morgan fingerprint density at radius 1 is 1.50 bits per heavy atom. The zero-order chi connectivity index (χ0) is 8.39. The van der Waals surface area contributed by atoms with Gasteiger partial charge in [-0.05, 0) is 19.3 Å². The van der Waals surface area contributed by atoms with Crippen molar-refractivity contribution in [3.05, 3.63) is 12.2 Å². The minimum absolute atomic E-state index is 0.612. The van der Waals surface area contributed by atoms with Crippen molar-refractivity contribution < 1.29 is 0 Å². The third kappa shape index (κ3) is 1.31. The fourth-order valence-electron chi connectivity index (χ4n) is 1.91. The van der Waals surface area contributed by atoms with Gasteiger partial charge in [0, 0.05) is 12.6 Å². The van der Waals surface area contributed by atoms with Gasteiger partial charge in [0.15, 0.2) is 5.96 Å². The van der Waals surface area contributed by atoms with Crippen LogP contribution in [0, 0.1) is 0 Å². The van der Waals surface area contributed by atoms with Crippen LogP contribution in [0.5, 0.6) is 0 Å². The number of guanidine groups is 1. The molecule has 0 saturated carbocycles. The molecule has 1 heterocycles. The first-order chi connectivity index (χ1) is 5.88. The smallest absolute Gasteiger partial charge is 0.191 e. The van der Waals surface area contributed by atoms with Gasteiger partial charge in [-0.25, -0.2) is 0 Å². The predicted octanol–water partition coefficient (Wildman–Crippen LogP) is 0.725. The van der Waals surface area contributed by atoms with Crippen molar-refractivity contribution in [1.82, 2.24) is 4.90 Å². The molecule has 2 N–H and O–H groups in total. The second-order valence-electron chi connectivity index (χ2n) is 3.37. The van der Waals surface area contributed by atoms with Crippen molar-refractivity contribution in [3.63, 3.8) is 0 Å². The van der Waals surface area contributed by atoms with Gasteiger partial charge in [0.25, 0.3) is 0 Å². The monoisotopic (exact) mass is 165 g/mol. The molecule has 3 nitrogen and oxygen atoms in total. The van der Waals surface area contributed by atoms with Gasteiger partial charge in [-0.15, -0.1) is 0 Å². The molecule has 0 amide bonds. The summed E-state index contributed by atoms with van der Waals surface area (Å²) < 4.78 is 0. The molecule has 0 spiro atoms. The standard InChI is InChI=1S/C9H15N3/c10-9-11-6-7-12(9)8-4-2-1-3-5-8/h1-2,8H,3-7H2,(H2,10,11). The van der Waals surface area contributed by atoms with Crippen LogP contribution in [0.1, 0.15) is 19.3 Å². The minimum Gasteiger partial charge on any atom is -0.370 e. The average molecular weight is 165 g/mol. The number of hydrogen-bond acceptors (Lipinski definition) is 3. The Balaban J connectivity index is 2.00. The van der Waals surface area contributed by atoms with Crippen molar-refractivity contribution in [2.45, 2.75) is 25.3 Å². The van der Waals surface area contributed by atoms with Crippen LogP contribution in [0.2, 0.25) is 0 Å². The van der Waals surface area contributed by atoms with E-state index in [9.17, 15) is 0 Å². The molecule has 1 atom stereocenters. The van der Waals surface area contributed by atoms with Crippen molar-refractivity contribution in [2.24, 2.45) is 10.7 Å². The van der Waals surface area contributed by atoms with E-state index in [1.807, 2.05) is 0 Å². The zero-order valence-corrected chi connectivity index (χ0v) is 7.24. The lowest BCUT2D eigenvalue weighted by Crippen LogP contribution is -2.42. The highest BCUT2D eigenvalue weighted by atomic mass is 15.3. The summed E-state index contributed by atoms with van der Waals surface area (Å²) in [6.07, 6.45) is 8.05. The van der Waals surface area contributed by atoms with Gasteiger partial charge in [-0.2, -0.15) is 0 Å². The molecular formula is C9H15N3. The summed E-state index contributed by atoms with van der Waals surface area (Å²) in [4.78, 5) is 6.43. The van der Waals surface area contributed by atoms with Crippen LogP contribution < -0.4 is 5.73 Å². The minimum atomic E-state index is 0.612. The summed E-state index contributed by atoms with van der Waals surface area (Å²) in [5.41, 5.74) is 5.76. The molecule has 0 aromatic heterocycles. The molecule has 1 aliphatic heterocycles. The highest BCUT2D eigenvalue weighted by Gasteiger charge is 2.22. The highest BCUT2D eigenvalue weighted by molar-refractivity contribution is 5.79. The molecule has 0 radical (unpaired) electrons. The van der Waals surface area contributed by atoms with Crippen LogP contribution in [0.25, 0.3) is 0 Å². The highest BCUT2D eigenvalue weighted by Crippen LogP contribution is 2.18. The van der Waals surface area contributed by atoms with Crippen molar-refractivity contribution in [3.8, 4) is 0 Å². The van der Waals surface area contributed by atoms with E-state index in [4.69, 9.17) is 5.73 Å². The fourth-order valence-corrected chi connectivity index (χ4v) is 1.91. The van der Waals surface area contributed by atoms with Crippen molar-refractivity contribution >= 4 is 5.96 Å². The largest absolute Gasteiger partial charge is 0.370 e. The van der Waals surface area contributed by atoms with E-state index in [0.29, 0.717) is 6.04 Å². The number of rotatable bonds is 1. The van der Waals surface area contributed by atoms with Gasteiger partial charge in [0.2, 0.25) is 0 Å². The van der Waals surface area contributed by atoms with Gasteiger partial charge in [0.05, 0.1) is 6.54 Å². The zero-order valence-electron chi connectivity index (χ0n) is 7.24. The summed E-state index contributed by atoms with van der Waals surface area (Å²) in [5.74, 6) is 0.746. The third-order valence-electron chi connectivity index (χ3n) is 2.59. The number of hydrogen-bond donors (Lipinski definition) is 1. The summed E-state index contributed by atoms with van der Waals surface area (Å²) >= 11 is 0. The Morgan fingerprint density at radius 3 is 3.00 bits per heavy atom. The van der Waals surface area contributed by atoms with Gasteiger partial charge in [-0.1, -0.05) is 12.2 Å². The molecule has 0 aromatic carbocycles. The van der Waals surface area contributed by atoms with E-state index in [2.05, 4.69) is 22.0 Å². The van der Waals surface area contributed by atoms with Crippen LogP contribution in [-0.4, -0.2) is 30.0 Å². The van der Waals surface area contributed by atoms with Gasteiger partial charge in [-0.3, -0.25) is 4.99 Å². The first-order valence-corrected chi connectivity index (χ1v) is 4.59. The summed E-state index contributed by atoms with van der Waals surface area (Å²) in [6.45, 7) is 1.90. The molecule has 2 aliphatic rings. The maximum Gasteiger partial charge on any atom is 0.191 e. The van der Waals surface area contributed by atoms with Gasteiger partial charge < -0.3 is 10.6 Å². The van der Waals surface area contributed by atoms with E-state index >= 15 is 0 Å². The van der Waals surface area contributed by atoms with E-state index in [1.165, 1.54) is 12.8 Å². The molecule has 0 saturated heterocycles. The van der Waals surface area contributed by atoms with E-state index < -0.39 is 0 Å². The Labute approximate surface area is 73.0 Å². The Morgan fingerprint density at radius 2 is 2.42 bits per heavy atom. The molecule has 0 bridgehead atoms. The maximum absolute atomic E-state index is 5.76. The molecule has 0 aromatic rings. The molecule has 0 fully saturated rings. The lowest BCUT2D eigenvalue weighted by Gasteiger charge is -2.29. The van der Waals surface area contributed by atoms with E-state index in [1.54, 1.807) is 0 Å². The summed E-state index contributed by atoms with van der Waals surface area (Å²) in [7, 11) is 0. The van der Waals surface area contributed by atoms with E-state index in [0.717, 1.165) is 25.5 Å². The molecular weight excluding hydrogens is 150 g/mol. The average Bonchev–Trinajstić information content (AvgIpc) is 2.53. The van der Waals surface area contributed by atoms with Crippen molar-refractivity contribution in [1.29, 1.82) is 0 Å². The second-order valence-corrected chi connectivity index (χ2v) is 3.37. The Kier molecular flexibility index (Phi) is 2.02. The molecule has 1 unspecified atom stereocenters. The molecule has 66 valence electrons. The SMILES string of the molecule is NC1=NCCN1C1CC=CCC1. The summed E-state index contributed by atoms with van der Waals surface area (Å²) in [5, 5.41) is 0. The quantitative estimate of drug-likeness (QED) is 0.582. The summed E-state index contributed by atoms with van der Waals surface area (Å²) in [6, 6.07) is 0.612. The van der Waals surface area contributed by atoms with Crippen LogP contribution in [-0.2, 0) is 0 Å². The number of allylic oxidation sites excluding steroid dienone is 1. The first kappa shape index (κ1) is 7.65. The lowest BCUT2D eigenvalue weighted by atomic mass is 10.0. The number of nitrogens with two attached hydrogens (primary N) is 1. The molecule has 3 heteroatoms. The Bertz CT molecular complexity index is 220. The fraction of sp³-hybridized carbons (Fsp3) is 0.667. The van der Waals surface area contributed by atoms with Crippen LogP contribution in [0.3, 0.4) is 0 Å². The third-order valence-corrected chi connectivity index (χ3v) is 2.59. The van der Waals surface area contributed by atoms with Gasteiger partial charge in [0.1, 0.15) is 0 Å². The molecule has 12 heavy (non-hydrogen) atoms. The molecule has 1 aliphatic carbocycles. The molecule has 2 rings (SSSR count). The topological polar surface area (TPSA) is 41.6 Å². The predicted molar refractivity (Wildman–Crippen MR) is 50.0 cm³/mol. The van der Waals surface area contributed by atoms with Crippen LogP contribution in [0.15, 0.2) is 17.1 Å². The van der Waals surface area contributed by atoms with Crippen LogP contribution in [0.4, 0.5) is 0 Å². The maximum atomic E-state index is 5.76. The second kappa shape index (κ2) is 3.17. The van der Waals surface area contributed by atoms with Crippen molar-refractivity contribution in [2.75, 3.05) is 13.1 Å². The number of aliphatic imine (C=N–C) groups is 1. The Hall–Kier alpha value is -0.990.